The number of nitrogens with one attached hydrogen (secondary N) is 2. The Labute approximate surface area is 178 Å². The molecule has 0 aliphatic rings. The van der Waals surface area contributed by atoms with Crippen molar-refractivity contribution in [2.45, 2.75) is 13.0 Å². The summed E-state index contributed by atoms with van der Waals surface area (Å²) < 4.78 is 0.935. The molecule has 0 spiro atoms. The van der Waals surface area contributed by atoms with Gasteiger partial charge in [0.2, 0.25) is 0 Å². The van der Waals surface area contributed by atoms with E-state index in [4.69, 9.17) is 0 Å². The van der Waals surface area contributed by atoms with Crippen LogP contribution in [-0.4, -0.2) is 19.0 Å². The molecule has 148 valence electrons. The molecule has 0 saturated heterocycles. The van der Waals surface area contributed by atoms with Crippen molar-refractivity contribution in [3.8, 4) is 0 Å². The highest BCUT2D eigenvalue weighted by Gasteiger charge is 2.15. The number of halogens is 1. The predicted molar refractivity (Wildman–Crippen MR) is 120 cm³/mol. The van der Waals surface area contributed by atoms with Gasteiger partial charge in [-0.15, -0.1) is 0 Å². The number of para-hydroxylation sites is 1. The Hall–Kier alpha value is -3.12. The van der Waals surface area contributed by atoms with Gasteiger partial charge in [0.05, 0.1) is 6.04 Å². The minimum Gasteiger partial charge on any atom is -0.331 e. The topological polar surface area (TPSA) is 61.4 Å². The van der Waals surface area contributed by atoms with Gasteiger partial charge in [-0.1, -0.05) is 58.4 Å². The molecule has 0 bridgehead atoms. The molecular weight excluding hydrogens is 430 g/mol. The van der Waals surface area contributed by atoms with Crippen LogP contribution in [0.25, 0.3) is 0 Å². The lowest BCUT2D eigenvalue weighted by atomic mass is 10.1. The van der Waals surface area contributed by atoms with Gasteiger partial charge in [-0.3, -0.25) is 4.79 Å². The van der Waals surface area contributed by atoms with Crippen LogP contribution in [0, 0.1) is 0 Å². The first kappa shape index (κ1) is 20.6. The number of carbonyl (C=O) groups excluding carboxylic acids is 2. The first-order chi connectivity index (χ1) is 14.0. The Morgan fingerprint density at radius 1 is 0.931 bits per heavy atom. The lowest BCUT2D eigenvalue weighted by Crippen LogP contribution is -2.31. The molecule has 6 heteroatoms. The van der Waals surface area contributed by atoms with E-state index in [0.717, 1.165) is 15.7 Å². The maximum atomic E-state index is 12.8. The van der Waals surface area contributed by atoms with Crippen molar-refractivity contribution in [1.82, 2.24) is 5.32 Å². The van der Waals surface area contributed by atoms with Gasteiger partial charge in [0.15, 0.2) is 0 Å². The van der Waals surface area contributed by atoms with Crippen LogP contribution >= 0.6 is 15.9 Å². The van der Waals surface area contributed by atoms with E-state index in [1.807, 2.05) is 61.5 Å². The van der Waals surface area contributed by atoms with Gasteiger partial charge in [0.25, 0.3) is 5.91 Å². The zero-order valence-corrected chi connectivity index (χ0v) is 17.8. The van der Waals surface area contributed by atoms with Gasteiger partial charge in [-0.25, -0.2) is 4.79 Å². The van der Waals surface area contributed by atoms with Crippen molar-refractivity contribution in [2.75, 3.05) is 17.3 Å². The summed E-state index contributed by atoms with van der Waals surface area (Å²) in [5.74, 6) is -0.151. The molecule has 5 nitrogen and oxygen atoms in total. The van der Waals surface area contributed by atoms with E-state index in [1.54, 1.807) is 36.2 Å². The van der Waals surface area contributed by atoms with Crippen molar-refractivity contribution in [3.05, 3.63) is 94.5 Å². The van der Waals surface area contributed by atoms with Crippen molar-refractivity contribution in [3.63, 3.8) is 0 Å². The average Bonchev–Trinajstić information content (AvgIpc) is 2.73. The number of nitrogens with zero attached hydrogens (tertiary/aromatic N) is 1. The molecule has 1 atom stereocenters. The van der Waals surface area contributed by atoms with Gasteiger partial charge in [-0.05, 0) is 48.9 Å². The molecule has 1 unspecified atom stereocenters. The van der Waals surface area contributed by atoms with Crippen LogP contribution in [-0.2, 0) is 0 Å². The van der Waals surface area contributed by atoms with Crippen LogP contribution in [0.15, 0.2) is 83.3 Å². The van der Waals surface area contributed by atoms with E-state index in [1.165, 1.54) is 0 Å². The quantitative estimate of drug-likeness (QED) is 0.529. The summed E-state index contributed by atoms with van der Waals surface area (Å²) in [5.41, 5.74) is 2.83. The fraction of sp³-hybridized carbons (Fsp3) is 0.130. The minimum atomic E-state index is -0.339. The maximum absolute atomic E-state index is 12.8. The van der Waals surface area contributed by atoms with Gasteiger partial charge in [-0.2, -0.15) is 0 Å². The lowest BCUT2D eigenvalue weighted by molar-refractivity contribution is 0.0993. The smallest absolute Gasteiger partial charge is 0.319 e. The first-order valence-electron chi connectivity index (χ1n) is 9.21. The summed E-state index contributed by atoms with van der Waals surface area (Å²) >= 11 is 3.50. The highest BCUT2D eigenvalue weighted by molar-refractivity contribution is 9.10. The highest BCUT2D eigenvalue weighted by Crippen LogP contribution is 2.23. The normalized spacial score (nSPS) is 11.4. The summed E-state index contributed by atoms with van der Waals surface area (Å²) in [6, 6.07) is 23.5. The molecule has 3 rings (SSSR count). The highest BCUT2D eigenvalue weighted by atomic mass is 79.9. The molecule has 3 aromatic rings. The molecular formula is C23H22BrN3O2. The molecule has 0 radical (unpaired) electrons. The Bertz CT molecular complexity index is 1010. The molecule has 0 fully saturated rings. The minimum absolute atomic E-state index is 0.151. The molecule has 0 saturated carbocycles. The summed E-state index contributed by atoms with van der Waals surface area (Å²) in [4.78, 5) is 26.8. The average molecular weight is 452 g/mol. The Morgan fingerprint density at radius 3 is 2.34 bits per heavy atom. The number of benzene rings is 3. The van der Waals surface area contributed by atoms with Crippen molar-refractivity contribution < 1.29 is 9.59 Å². The SMILES string of the molecule is CC(NC(=O)Nc1cccc(C(=O)N(C)c2ccccc2)c1)c1ccccc1Br. The fourth-order valence-corrected chi connectivity index (χ4v) is 3.59. The fourth-order valence-electron chi connectivity index (χ4n) is 2.96. The number of hydrogen-bond acceptors (Lipinski definition) is 2. The summed E-state index contributed by atoms with van der Waals surface area (Å²) in [6.45, 7) is 1.91. The van der Waals surface area contributed by atoms with E-state index in [0.29, 0.717) is 11.3 Å². The Kier molecular flexibility index (Phi) is 6.67. The van der Waals surface area contributed by atoms with Crippen molar-refractivity contribution in [1.29, 1.82) is 0 Å². The zero-order valence-electron chi connectivity index (χ0n) is 16.2. The Morgan fingerprint density at radius 2 is 1.62 bits per heavy atom. The monoisotopic (exact) mass is 451 g/mol. The van der Waals surface area contributed by atoms with E-state index >= 15 is 0 Å². The number of hydrogen-bond donors (Lipinski definition) is 2. The van der Waals surface area contributed by atoms with Crippen LogP contribution in [0.4, 0.5) is 16.2 Å². The third kappa shape index (κ3) is 5.23. The van der Waals surface area contributed by atoms with E-state index in [9.17, 15) is 9.59 Å². The number of amides is 3. The summed E-state index contributed by atoms with van der Waals surface area (Å²) in [6.07, 6.45) is 0. The van der Waals surface area contributed by atoms with Gasteiger partial charge >= 0.3 is 6.03 Å². The number of rotatable bonds is 5. The third-order valence-electron chi connectivity index (χ3n) is 4.53. The molecule has 3 aromatic carbocycles. The molecule has 3 amide bonds. The molecule has 29 heavy (non-hydrogen) atoms. The van der Waals surface area contributed by atoms with Gasteiger partial charge in [0.1, 0.15) is 0 Å². The van der Waals surface area contributed by atoms with Crippen LogP contribution in [0.2, 0.25) is 0 Å². The second-order valence-electron chi connectivity index (χ2n) is 6.62. The van der Waals surface area contributed by atoms with Crippen LogP contribution < -0.4 is 15.5 Å². The molecule has 2 N–H and O–H groups in total. The lowest BCUT2D eigenvalue weighted by Gasteiger charge is -2.18. The van der Waals surface area contributed by atoms with E-state index in [-0.39, 0.29) is 18.0 Å². The van der Waals surface area contributed by atoms with Crippen LogP contribution in [0.1, 0.15) is 28.9 Å². The van der Waals surface area contributed by atoms with Crippen LogP contribution in [0.3, 0.4) is 0 Å². The summed E-state index contributed by atoms with van der Waals surface area (Å²) in [5, 5.41) is 5.71. The predicted octanol–water partition coefficient (Wildman–Crippen LogP) is 5.61. The number of urea groups is 1. The molecule has 0 aliphatic heterocycles. The standard InChI is InChI=1S/C23H22BrN3O2/c1-16(20-13-6-7-14-21(20)24)25-23(29)26-18-10-8-9-17(15-18)22(28)27(2)19-11-4-3-5-12-19/h3-16H,1-2H3,(H2,25,26,29). The zero-order chi connectivity index (χ0) is 20.8. The van der Waals surface area contributed by atoms with Crippen molar-refractivity contribution >= 4 is 39.2 Å². The maximum Gasteiger partial charge on any atom is 0.319 e. The third-order valence-corrected chi connectivity index (χ3v) is 5.26. The van der Waals surface area contributed by atoms with Gasteiger partial charge in [0, 0.05) is 28.5 Å². The molecule has 0 heterocycles. The van der Waals surface area contributed by atoms with Crippen molar-refractivity contribution in [2.24, 2.45) is 0 Å². The second-order valence-corrected chi connectivity index (χ2v) is 7.48. The van der Waals surface area contributed by atoms with Crippen LogP contribution in [0.5, 0.6) is 0 Å². The molecule has 0 aromatic heterocycles. The molecule has 0 aliphatic carbocycles. The summed E-state index contributed by atoms with van der Waals surface area (Å²) in [7, 11) is 1.73. The number of carbonyl (C=O) groups is 2. The Balaban J connectivity index is 1.67. The first-order valence-corrected chi connectivity index (χ1v) is 10.00. The van der Waals surface area contributed by atoms with E-state index < -0.39 is 0 Å². The van der Waals surface area contributed by atoms with Gasteiger partial charge < -0.3 is 15.5 Å². The number of anilines is 2. The van der Waals surface area contributed by atoms with E-state index in [2.05, 4.69) is 26.6 Å². The second kappa shape index (κ2) is 9.39. The largest absolute Gasteiger partial charge is 0.331 e.